The van der Waals surface area contributed by atoms with E-state index in [2.05, 4.69) is 11.4 Å². The van der Waals surface area contributed by atoms with Gasteiger partial charge in [0.15, 0.2) is 0 Å². The minimum Gasteiger partial charge on any atom is -0.397 e. The summed E-state index contributed by atoms with van der Waals surface area (Å²) < 4.78 is 0. The van der Waals surface area contributed by atoms with E-state index >= 15 is 0 Å². The van der Waals surface area contributed by atoms with Crippen LogP contribution in [0, 0.1) is 11.3 Å². The van der Waals surface area contributed by atoms with Crippen molar-refractivity contribution in [1.29, 1.82) is 5.26 Å². The highest BCUT2D eigenvalue weighted by Gasteiger charge is 2.15. The Morgan fingerprint density at radius 2 is 2.40 bits per heavy atom. The van der Waals surface area contributed by atoms with Crippen LogP contribution >= 0.6 is 11.8 Å². The van der Waals surface area contributed by atoms with Crippen molar-refractivity contribution in [3.05, 3.63) is 23.8 Å². The molecule has 0 amide bonds. The van der Waals surface area contributed by atoms with Crippen LogP contribution in [0.3, 0.4) is 0 Å². The van der Waals surface area contributed by atoms with Gasteiger partial charge in [-0.1, -0.05) is 0 Å². The maximum atomic E-state index is 8.79. The van der Waals surface area contributed by atoms with Crippen LogP contribution in [0.15, 0.2) is 18.2 Å². The Hall–Kier alpha value is -1.34. The summed E-state index contributed by atoms with van der Waals surface area (Å²) >= 11 is 1.95. The van der Waals surface area contributed by atoms with E-state index in [-0.39, 0.29) is 0 Å². The highest BCUT2D eigenvalue weighted by molar-refractivity contribution is 7.99. The molecule has 4 heteroatoms. The van der Waals surface area contributed by atoms with Crippen molar-refractivity contribution in [1.82, 2.24) is 0 Å². The van der Waals surface area contributed by atoms with E-state index in [1.807, 2.05) is 17.8 Å². The third kappa shape index (κ3) is 2.37. The second-order valence-electron chi connectivity index (χ2n) is 3.62. The van der Waals surface area contributed by atoms with Gasteiger partial charge >= 0.3 is 0 Å². The molecule has 1 atom stereocenters. The van der Waals surface area contributed by atoms with Crippen molar-refractivity contribution in [2.24, 2.45) is 0 Å². The van der Waals surface area contributed by atoms with Crippen molar-refractivity contribution in [2.75, 3.05) is 22.6 Å². The first kappa shape index (κ1) is 10.2. The lowest BCUT2D eigenvalue weighted by Crippen LogP contribution is -2.18. The minimum atomic E-state index is 0.492. The number of hydrogen-bond donors (Lipinski definition) is 2. The van der Waals surface area contributed by atoms with Gasteiger partial charge in [-0.25, -0.2) is 0 Å². The smallest absolute Gasteiger partial charge is 0.0992 e. The van der Waals surface area contributed by atoms with Gasteiger partial charge in [0.1, 0.15) is 0 Å². The number of hydrogen-bond acceptors (Lipinski definition) is 4. The van der Waals surface area contributed by atoms with Crippen molar-refractivity contribution in [3.8, 4) is 6.07 Å². The summed E-state index contributed by atoms with van der Waals surface area (Å²) in [6, 6.07) is 7.95. The topological polar surface area (TPSA) is 61.8 Å². The first-order valence-corrected chi connectivity index (χ1v) is 6.09. The maximum absolute atomic E-state index is 8.79. The third-order valence-electron chi connectivity index (χ3n) is 2.47. The molecule has 1 aromatic rings. The summed E-state index contributed by atoms with van der Waals surface area (Å²) in [5, 5.41) is 12.2. The molecule has 1 unspecified atom stereocenters. The predicted octanol–water partition coefficient (Wildman–Crippen LogP) is 2.06. The molecule has 15 heavy (non-hydrogen) atoms. The fraction of sp³-hybridized carbons (Fsp3) is 0.364. The number of nitriles is 1. The summed E-state index contributed by atoms with van der Waals surface area (Å²) in [6.45, 7) is 0. The number of nitrogens with zero attached hydrogens (tertiary/aromatic N) is 1. The van der Waals surface area contributed by atoms with E-state index in [1.165, 1.54) is 12.2 Å². The van der Waals surface area contributed by atoms with Crippen molar-refractivity contribution < 1.29 is 0 Å². The lowest BCUT2D eigenvalue weighted by atomic mass is 10.1. The van der Waals surface area contributed by atoms with Gasteiger partial charge in [-0.3, -0.25) is 0 Å². The Morgan fingerprint density at radius 1 is 1.53 bits per heavy atom. The molecule has 0 radical (unpaired) electrons. The fourth-order valence-electron chi connectivity index (χ4n) is 1.62. The van der Waals surface area contributed by atoms with Gasteiger partial charge in [-0.2, -0.15) is 17.0 Å². The van der Waals surface area contributed by atoms with Crippen molar-refractivity contribution >= 4 is 23.1 Å². The number of nitrogen functional groups attached to an aromatic ring is 1. The molecular formula is C11H13N3S. The Balaban J connectivity index is 2.15. The second kappa shape index (κ2) is 4.45. The largest absolute Gasteiger partial charge is 0.397 e. The van der Waals surface area contributed by atoms with Gasteiger partial charge in [-0.05, 0) is 30.4 Å². The zero-order chi connectivity index (χ0) is 10.7. The molecule has 1 aliphatic heterocycles. The number of anilines is 2. The number of nitrogens with two attached hydrogens (primary N) is 1. The van der Waals surface area contributed by atoms with E-state index < -0.39 is 0 Å². The van der Waals surface area contributed by atoms with E-state index in [0.29, 0.717) is 17.3 Å². The minimum absolute atomic E-state index is 0.492. The molecule has 0 spiro atoms. The van der Waals surface area contributed by atoms with Crippen LogP contribution in [0.2, 0.25) is 0 Å². The highest BCUT2D eigenvalue weighted by Crippen LogP contribution is 2.25. The Bertz CT molecular complexity index is 391. The number of nitrogens with one attached hydrogen (secondary N) is 1. The monoisotopic (exact) mass is 219 g/mol. The van der Waals surface area contributed by atoms with Gasteiger partial charge < -0.3 is 11.1 Å². The van der Waals surface area contributed by atoms with E-state index in [1.54, 1.807) is 12.1 Å². The van der Waals surface area contributed by atoms with E-state index in [0.717, 1.165) is 11.4 Å². The zero-order valence-corrected chi connectivity index (χ0v) is 9.18. The SMILES string of the molecule is N#Cc1ccc(N)c(NC2CCSC2)c1. The van der Waals surface area contributed by atoms with Crippen molar-refractivity contribution in [2.45, 2.75) is 12.5 Å². The summed E-state index contributed by atoms with van der Waals surface area (Å²) in [4.78, 5) is 0. The van der Waals surface area contributed by atoms with Crippen LogP contribution in [-0.2, 0) is 0 Å². The zero-order valence-electron chi connectivity index (χ0n) is 8.36. The molecule has 0 bridgehead atoms. The summed E-state index contributed by atoms with van der Waals surface area (Å²) in [5.74, 6) is 2.33. The van der Waals surface area contributed by atoms with Crippen LogP contribution in [-0.4, -0.2) is 17.5 Å². The lowest BCUT2D eigenvalue weighted by Gasteiger charge is -2.14. The molecule has 1 aliphatic rings. The van der Waals surface area contributed by atoms with Crippen LogP contribution < -0.4 is 11.1 Å². The molecule has 3 nitrogen and oxygen atoms in total. The van der Waals surface area contributed by atoms with Gasteiger partial charge in [0.05, 0.1) is 23.0 Å². The van der Waals surface area contributed by atoms with Crippen molar-refractivity contribution in [3.63, 3.8) is 0 Å². The average Bonchev–Trinajstić information content (AvgIpc) is 2.74. The molecule has 3 N–H and O–H groups in total. The quantitative estimate of drug-likeness (QED) is 0.747. The van der Waals surface area contributed by atoms with Crippen LogP contribution in [0.4, 0.5) is 11.4 Å². The van der Waals surface area contributed by atoms with E-state index in [9.17, 15) is 0 Å². The van der Waals surface area contributed by atoms with Gasteiger partial charge in [0.25, 0.3) is 0 Å². The normalized spacial score (nSPS) is 19.8. The first-order chi connectivity index (χ1) is 7.29. The van der Waals surface area contributed by atoms with Crippen LogP contribution in [0.25, 0.3) is 0 Å². The summed E-state index contributed by atoms with van der Waals surface area (Å²) in [7, 11) is 0. The lowest BCUT2D eigenvalue weighted by molar-refractivity contribution is 0.813. The summed E-state index contributed by atoms with van der Waals surface area (Å²) in [6.07, 6.45) is 1.17. The number of benzene rings is 1. The molecule has 0 aromatic heterocycles. The highest BCUT2D eigenvalue weighted by atomic mass is 32.2. The number of rotatable bonds is 2. The van der Waals surface area contributed by atoms with Gasteiger partial charge in [0.2, 0.25) is 0 Å². The van der Waals surface area contributed by atoms with E-state index in [4.69, 9.17) is 11.0 Å². The fourth-order valence-corrected chi connectivity index (χ4v) is 2.77. The maximum Gasteiger partial charge on any atom is 0.0992 e. The molecule has 2 rings (SSSR count). The molecule has 0 saturated carbocycles. The Labute approximate surface area is 93.7 Å². The van der Waals surface area contributed by atoms with Gasteiger partial charge in [-0.15, -0.1) is 0 Å². The molecule has 1 fully saturated rings. The standard InChI is InChI=1S/C11H13N3S/c12-6-8-1-2-10(13)11(5-8)14-9-3-4-15-7-9/h1-2,5,9,14H,3-4,7,13H2. The average molecular weight is 219 g/mol. The third-order valence-corrected chi connectivity index (χ3v) is 3.63. The first-order valence-electron chi connectivity index (χ1n) is 4.93. The van der Waals surface area contributed by atoms with Crippen LogP contribution in [0.5, 0.6) is 0 Å². The molecule has 1 saturated heterocycles. The van der Waals surface area contributed by atoms with Gasteiger partial charge in [0, 0.05) is 11.8 Å². The molecular weight excluding hydrogens is 206 g/mol. The Morgan fingerprint density at radius 3 is 3.07 bits per heavy atom. The molecule has 1 aromatic carbocycles. The molecule has 0 aliphatic carbocycles. The Kier molecular flexibility index (Phi) is 3.02. The molecule has 1 heterocycles. The second-order valence-corrected chi connectivity index (χ2v) is 4.77. The summed E-state index contributed by atoms with van der Waals surface area (Å²) in [5.41, 5.74) is 8.10. The number of thioether (sulfide) groups is 1. The van der Waals surface area contributed by atoms with Crippen LogP contribution in [0.1, 0.15) is 12.0 Å². The predicted molar refractivity (Wildman–Crippen MR) is 64.9 cm³/mol. The molecule has 78 valence electrons.